The Balaban J connectivity index is 1.67. The Morgan fingerprint density at radius 3 is 2.55 bits per heavy atom. The van der Waals surface area contributed by atoms with Crippen LogP contribution in [0.15, 0.2) is 36.4 Å². The molecule has 2 aliphatic heterocycles. The summed E-state index contributed by atoms with van der Waals surface area (Å²) in [6.07, 6.45) is 2.75. The first kappa shape index (κ1) is 27.4. The number of fused-ring (bicyclic) bond motifs is 2. The molecule has 1 spiro atoms. The largest absolute Gasteiger partial charge is 0.393 e. The first-order valence-corrected chi connectivity index (χ1v) is 14.0. The minimum atomic E-state index is -1.27. The fourth-order valence-corrected chi connectivity index (χ4v) is 7.02. The van der Waals surface area contributed by atoms with Crippen molar-refractivity contribution in [2.75, 3.05) is 5.32 Å². The molecule has 1 unspecified atom stereocenters. The third-order valence-corrected chi connectivity index (χ3v) is 8.79. The number of carbonyl (C=O) groups excluding carboxylic acids is 2. The van der Waals surface area contributed by atoms with Crippen LogP contribution < -0.4 is 16.0 Å². The van der Waals surface area contributed by atoms with Gasteiger partial charge in [-0.2, -0.15) is 0 Å². The van der Waals surface area contributed by atoms with Crippen LogP contribution in [-0.2, 0) is 15.0 Å². The number of nitrogens with one attached hydrogen (secondary N) is 3. The molecule has 0 bridgehead atoms. The highest BCUT2D eigenvalue weighted by molar-refractivity contribution is 6.31. The standard InChI is InChI=1S/C29H34Cl2FN3O3/c1-28(2,3)14-22-29(19-12-7-15(30)13-21(19)34-27(29)38)23(18-5-4-6-20(31)24(18)32)25(35-22)26(37)33-16-8-10-17(36)11-9-16/h4-7,12-13,16-17,22-23,25,35-36H,8-11,14H2,1-3H3,(H,33,37)(H,34,38)/t16?,17?,22-,23-,25-,29?/m1/s1. The van der Waals surface area contributed by atoms with Crippen LogP contribution in [0.1, 0.15) is 69.9 Å². The van der Waals surface area contributed by atoms with Gasteiger partial charge >= 0.3 is 0 Å². The molecule has 4 N–H and O–H groups in total. The molecule has 0 radical (unpaired) electrons. The summed E-state index contributed by atoms with van der Waals surface area (Å²) in [4.78, 5) is 28.1. The highest BCUT2D eigenvalue weighted by atomic mass is 35.5. The van der Waals surface area contributed by atoms with E-state index < -0.39 is 29.2 Å². The Hall–Kier alpha value is -2.19. The van der Waals surface area contributed by atoms with Gasteiger partial charge in [-0.15, -0.1) is 0 Å². The van der Waals surface area contributed by atoms with Crippen molar-refractivity contribution in [3.63, 3.8) is 0 Å². The molecule has 9 heteroatoms. The number of halogens is 3. The van der Waals surface area contributed by atoms with Gasteiger partial charge in [0.1, 0.15) is 11.2 Å². The molecule has 1 saturated carbocycles. The molecule has 2 amide bonds. The predicted molar refractivity (Wildman–Crippen MR) is 147 cm³/mol. The minimum Gasteiger partial charge on any atom is -0.393 e. The molecule has 2 aromatic carbocycles. The van der Waals surface area contributed by atoms with Gasteiger partial charge < -0.3 is 21.1 Å². The van der Waals surface area contributed by atoms with E-state index in [9.17, 15) is 14.7 Å². The summed E-state index contributed by atoms with van der Waals surface area (Å²) in [5, 5.41) is 19.9. The summed E-state index contributed by atoms with van der Waals surface area (Å²) in [6.45, 7) is 6.23. The zero-order chi connectivity index (χ0) is 27.4. The lowest BCUT2D eigenvalue weighted by molar-refractivity contribution is -0.124. The van der Waals surface area contributed by atoms with Gasteiger partial charge in [-0.25, -0.2) is 4.39 Å². The van der Waals surface area contributed by atoms with Crippen molar-refractivity contribution < 1.29 is 19.1 Å². The lowest BCUT2D eigenvalue weighted by Crippen LogP contribution is -2.50. The normalized spacial score (nSPS) is 30.8. The predicted octanol–water partition coefficient (Wildman–Crippen LogP) is 5.30. The summed E-state index contributed by atoms with van der Waals surface area (Å²) in [7, 11) is 0. The molecule has 204 valence electrons. The van der Waals surface area contributed by atoms with E-state index in [0.29, 0.717) is 48.4 Å². The number of benzene rings is 2. The Bertz CT molecular complexity index is 1260. The van der Waals surface area contributed by atoms with E-state index in [-0.39, 0.29) is 40.0 Å². The molecular weight excluding hydrogens is 528 g/mol. The second-order valence-corrected chi connectivity index (χ2v) is 13.0. The van der Waals surface area contributed by atoms with Crippen LogP contribution >= 0.6 is 23.2 Å². The van der Waals surface area contributed by atoms with Gasteiger partial charge in [-0.3, -0.25) is 9.59 Å². The quantitative estimate of drug-likeness (QED) is 0.407. The second kappa shape index (κ2) is 10.1. The Morgan fingerprint density at radius 2 is 1.87 bits per heavy atom. The van der Waals surface area contributed by atoms with Crippen LogP contribution in [0.2, 0.25) is 10.0 Å². The molecule has 38 heavy (non-hydrogen) atoms. The first-order chi connectivity index (χ1) is 17.9. The minimum absolute atomic E-state index is 0.0629. The summed E-state index contributed by atoms with van der Waals surface area (Å²) in [5.74, 6) is -2.09. The average Bonchev–Trinajstić information content (AvgIpc) is 3.31. The van der Waals surface area contributed by atoms with E-state index in [2.05, 4.69) is 36.7 Å². The van der Waals surface area contributed by atoms with E-state index in [0.717, 1.165) is 0 Å². The number of carbonyl (C=O) groups is 2. The van der Waals surface area contributed by atoms with Gasteiger partial charge in [0.05, 0.1) is 17.2 Å². The van der Waals surface area contributed by atoms with Crippen molar-refractivity contribution in [2.45, 2.75) is 88.4 Å². The Morgan fingerprint density at radius 1 is 1.16 bits per heavy atom. The Kier molecular flexibility index (Phi) is 7.27. The van der Waals surface area contributed by atoms with E-state index in [1.54, 1.807) is 24.3 Å². The molecule has 5 rings (SSSR count). The van der Waals surface area contributed by atoms with Gasteiger partial charge in [0.25, 0.3) is 0 Å². The third kappa shape index (κ3) is 4.72. The number of amides is 2. The van der Waals surface area contributed by atoms with Gasteiger partial charge in [-0.05, 0) is 66.8 Å². The number of aliphatic hydroxyl groups is 1. The number of rotatable bonds is 4. The lowest BCUT2D eigenvalue weighted by Gasteiger charge is -2.38. The molecule has 6 nitrogen and oxygen atoms in total. The molecule has 3 aliphatic rings. The van der Waals surface area contributed by atoms with E-state index in [1.807, 2.05) is 6.07 Å². The fourth-order valence-electron chi connectivity index (χ4n) is 6.66. The second-order valence-electron chi connectivity index (χ2n) is 12.1. The first-order valence-electron chi connectivity index (χ1n) is 13.2. The molecule has 0 aromatic heterocycles. The zero-order valence-corrected chi connectivity index (χ0v) is 23.3. The van der Waals surface area contributed by atoms with Gasteiger partial charge in [0, 0.05) is 28.7 Å². The number of aliphatic hydroxyl groups excluding tert-OH is 1. The third-order valence-electron chi connectivity index (χ3n) is 8.26. The van der Waals surface area contributed by atoms with E-state index in [4.69, 9.17) is 23.2 Å². The van der Waals surface area contributed by atoms with Crippen molar-refractivity contribution in [2.24, 2.45) is 5.41 Å². The molecule has 1 aliphatic carbocycles. The zero-order valence-electron chi connectivity index (χ0n) is 21.8. The number of anilines is 1. The van der Waals surface area contributed by atoms with Gasteiger partial charge in [0.15, 0.2) is 0 Å². The molecule has 2 heterocycles. The number of hydrogen-bond donors (Lipinski definition) is 4. The maximum atomic E-state index is 15.8. The van der Waals surface area contributed by atoms with Crippen LogP contribution in [0.5, 0.6) is 0 Å². The lowest BCUT2D eigenvalue weighted by atomic mass is 9.62. The maximum absolute atomic E-state index is 15.8. The van der Waals surface area contributed by atoms with Crippen LogP contribution in [-0.4, -0.2) is 41.2 Å². The van der Waals surface area contributed by atoms with E-state index >= 15 is 4.39 Å². The van der Waals surface area contributed by atoms with E-state index in [1.165, 1.54) is 6.07 Å². The highest BCUT2D eigenvalue weighted by Gasteiger charge is 2.66. The Labute approximate surface area is 232 Å². The molecule has 1 saturated heterocycles. The van der Waals surface area contributed by atoms with Crippen LogP contribution in [0.3, 0.4) is 0 Å². The van der Waals surface area contributed by atoms with Crippen molar-refractivity contribution in [1.29, 1.82) is 0 Å². The van der Waals surface area contributed by atoms with Crippen molar-refractivity contribution in [1.82, 2.24) is 10.6 Å². The molecular formula is C29H34Cl2FN3O3. The van der Waals surface area contributed by atoms with Crippen molar-refractivity contribution >= 4 is 40.7 Å². The summed E-state index contributed by atoms with van der Waals surface area (Å²) >= 11 is 12.5. The van der Waals surface area contributed by atoms with Crippen LogP contribution in [0, 0.1) is 11.2 Å². The SMILES string of the molecule is CC(C)(C)C[C@H]1N[C@@H](C(=O)NC2CCC(O)CC2)[C@@H](c2cccc(Cl)c2F)C12C(=O)Nc1cc(Cl)ccc12. The smallest absolute Gasteiger partial charge is 0.238 e. The molecule has 2 fully saturated rings. The average molecular weight is 563 g/mol. The van der Waals surface area contributed by atoms with Gasteiger partial charge in [-0.1, -0.05) is 62.2 Å². The number of hydrogen-bond acceptors (Lipinski definition) is 4. The van der Waals surface area contributed by atoms with Crippen LogP contribution in [0.4, 0.5) is 10.1 Å². The summed E-state index contributed by atoms with van der Waals surface area (Å²) < 4.78 is 15.8. The van der Waals surface area contributed by atoms with Crippen molar-refractivity contribution in [3.8, 4) is 0 Å². The van der Waals surface area contributed by atoms with Crippen molar-refractivity contribution in [3.05, 3.63) is 63.4 Å². The highest BCUT2D eigenvalue weighted by Crippen LogP contribution is 2.57. The van der Waals surface area contributed by atoms with Gasteiger partial charge in [0.2, 0.25) is 11.8 Å². The molecule has 2 aromatic rings. The maximum Gasteiger partial charge on any atom is 0.238 e. The topological polar surface area (TPSA) is 90.5 Å². The van der Waals surface area contributed by atoms with Crippen LogP contribution in [0.25, 0.3) is 0 Å². The fraction of sp³-hybridized carbons (Fsp3) is 0.517. The summed E-state index contributed by atoms with van der Waals surface area (Å²) in [6, 6.07) is 8.50. The monoisotopic (exact) mass is 561 g/mol. The molecule has 4 atom stereocenters. The summed E-state index contributed by atoms with van der Waals surface area (Å²) in [5.41, 5.74) is -0.00278.